The van der Waals surface area contributed by atoms with E-state index in [1.807, 2.05) is 32.4 Å². The maximum atomic E-state index is 10.6. The van der Waals surface area contributed by atoms with E-state index >= 15 is 0 Å². The fraction of sp³-hybridized carbons (Fsp3) is 0.542. The molecule has 4 rings (SSSR count). The first-order valence-electron chi connectivity index (χ1n) is 11.9. The van der Waals surface area contributed by atoms with Crippen LogP contribution in [0.25, 0.3) is 0 Å². The molecule has 224 valence electrons. The molecule has 0 aliphatic carbocycles. The third-order valence-corrected chi connectivity index (χ3v) is 5.88. The predicted octanol–water partition coefficient (Wildman–Crippen LogP) is 3.88. The predicted molar refractivity (Wildman–Crippen MR) is 130 cm³/mol. The summed E-state index contributed by atoms with van der Waals surface area (Å²) in [5.74, 6) is -3.45. The largest absolute Gasteiger partial charge is 0.490 e. The van der Waals surface area contributed by atoms with Gasteiger partial charge in [0.05, 0.1) is 36.9 Å². The minimum atomic E-state index is -5.08. The van der Waals surface area contributed by atoms with Gasteiger partial charge in [0.1, 0.15) is 11.6 Å². The summed E-state index contributed by atoms with van der Waals surface area (Å²) in [4.78, 5) is 29.4. The zero-order valence-corrected chi connectivity index (χ0v) is 21.7. The van der Waals surface area contributed by atoms with Crippen molar-refractivity contribution in [2.45, 2.75) is 37.3 Å². The van der Waals surface area contributed by atoms with Crippen molar-refractivity contribution in [1.82, 2.24) is 9.88 Å². The zero-order valence-electron chi connectivity index (χ0n) is 21.7. The highest BCUT2D eigenvalue weighted by Crippen LogP contribution is 2.32. The van der Waals surface area contributed by atoms with Gasteiger partial charge in [0.25, 0.3) is 0 Å². The van der Waals surface area contributed by atoms with Gasteiger partial charge in [-0.25, -0.2) is 14.6 Å². The minimum Gasteiger partial charge on any atom is -0.475 e. The zero-order chi connectivity index (χ0) is 30.1. The van der Waals surface area contributed by atoms with Gasteiger partial charge in [-0.15, -0.1) is 0 Å². The summed E-state index contributed by atoms with van der Waals surface area (Å²) in [5, 5.41) is 14.2. The molecule has 0 aromatic carbocycles. The van der Waals surface area contributed by atoms with Gasteiger partial charge in [-0.1, -0.05) is 0 Å². The van der Waals surface area contributed by atoms with Crippen LogP contribution in [-0.2, 0) is 20.9 Å². The topological polar surface area (TPSA) is 120 Å². The van der Waals surface area contributed by atoms with Crippen LogP contribution in [-0.4, -0.2) is 96.9 Å². The van der Waals surface area contributed by atoms with Crippen LogP contribution in [0, 0.1) is 0 Å². The fourth-order valence-electron chi connectivity index (χ4n) is 4.05. The molecule has 40 heavy (non-hydrogen) atoms. The number of anilines is 2. The molecule has 1 atom stereocenters. The lowest BCUT2D eigenvalue weighted by Gasteiger charge is -2.48. The lowest BCUT2D eigenvalue weighted by atomic mass is 9.90. The fourth-order valence-corrected chi connectivity index (χ4v) is 4.05. The molecule has 10 nitrogen and oxygen atoms in total. The Morgan fingerprint density at radius 2 is 1.65 bits per heavy atom. The van der Waals surface area contributed by atoms with Crippen LogP contribution in [0.15, 0.2) is 41.1 Å². The summed E-state index contributed by atoms with van der Waals surface area (Å²) >= 11 is 0. The first-order chi connectivity index (χ1) is 18.5. The Hall–Kier alpha value is -3.53. The molecular formula is C24H30F6N4O6. The van der Waals surface area contributed by atoms with E-state index in [1.165, 1.54) is 0 Å². The number of furan rings is 1. The van der Waals surface area contributed by atoms with E-state index < -0.39 is 24.3 Å². The molecule has 0 saturated carbocycles. The lowest BCUT2D eigenvalue weighted by molar-refractivity contribution is -0.193. The molecule has 0 amide bonds. The van der Waals surface area contributed by atoms with Crippen molar-refractivity contribution in [1.29, 1.82) is 0 Å². The van der Waals surface area contributed by atoms with Crippen molar-refractivity contribution < 1.29 is 55.3 Å². The molecule has 1 unspecified atom stereocenters. The molecule has 2 N–H and O–H groups in total. The Balaban J connectivity index is 0.000000333. The number of aliphatic carboxylic acids is 2. The normalized spacial score (nSPS) is 19.6. The molecular weight excluding hydrogens is 554 g/mol. The van der Waals surface area contributed by atoms with Gasteiger partial charge in [0, 0.05) is 40.3 Å². The monoisotopic (exact) mass is 584 g/mol. The molecule has 2 aromatic heterocycles. The number of carboxylic acids is 2. The summed E-state index contributed by atoms with van der Waals surface area (Å²) in [6.45, 7) is 5.47. The van der Waals surface area contributed by atoms with E-state index in [1.54, 1.807) is 6.26 Å². The van der Waals surface area contributed by atoms with Crippen LogP contribution < -0.4 is 9.80 Å². The molecule has 1 spiro atoms. The molecule has 0 radical (unpaired) electrons. The van der Waals surface area contributed by atoms with Gasteiger partial charge in [-0.2, -0.15) is 26.3 Å². The summed E-state index contributed by atoms with van der Waals surface area (Å²) < 4.78 is 75.3. The van der Waals surface area contributed by atoms with Crippen LogP contribution in [0.3, 0.4) is 0 Å². The average molecular weight is 585 g/mol. The number of aromatic nitrogens is 1. The Bertz CT molecular complexity index is 1050. The Morgan fingerprint density at radius 3 is 2.12 bits per heavy atom. The number of rotatable bonds is 4. The summed E-state index contributed by atoms with van der Waals surface area (Å²) in [7, 11) is 4.08. The molecule has 2 aliphatic heterocycles. The van der Waals surface area contributed by atoms with Crippen LogP contribution in [0.4, 0.5) is 37.8 Å². The number of carbonyl (C=O) groups is 2. The van der Waals surface area contributed by atoms with E-state index in [2.05, 4.69) is 31.8 Å². The van der Waals surface area contributed by atoms with Gasteiger partial charge >= 0.3 is 24.3 Å². The van der Waals surface area contributed by atoms with Crippen LogP contribution >= 0.6 is 0 Å². The molecule has 2 aliphatic rings. The summed E-state index contributed by atoms with van der Waals surface area (Å²) in [6, 6.07) is 8.26. The average Bonchev–Trinajstić information content (AvgIpc) is 3.37. The molecule has 0 bridgehead atoms. The van der Waals surface area contributed by atoms with E-state index in [4.69, 9.17) is 29.0 Å². The van der Waals surface area contributed by atoms with Gasteiger partial charge in [-0.05, 0) is 37.1 Å². The summed E-state index contributed by atoms with van der Waals surface area (Å²) in [6.07, 6.45) is -4.24. The number of morpholine rings is 1. The van der Waals surface area contributed by atoms with Gasteiger partial charge in [0.2, 0.25) is 0 Å². The Morgan fingerprint density at radius 1 is 1.02 bits per heavy atom. The van der Waals surface area contributed by atoms with Crippen molar-refractivity contribution >= 4 is 23.4 Å². The number of alkyl halides is 6. The number of piperidine rings is 1. The summed E-state index contributed by atoms with van der Waals surface area (Å²) in [5.41, 5.74) is 1.02. The number of nitrogens with zero attached hydrogens (tertiary/aromatic N) is 4. The van der Waals surface area contributed by atoms with Crippen LogP contribution in [0.1, 0.15) is 18.6 Å². The van der Waals surface area contributed by atoms with Crippen molar-refractivity contribution in [2.75, 3.05) is 56.7 Å². The molecule has 2 aromatic rings. The third-order valence-electron chi connectivity index (χ3n) is 5.88. The molecule has 16 heteroatoms. The minimum absolute atomic E-state index is 0.106. The number of ether oxygens (including phenoxy) is 1. The van der Waals surface area contributed by atoms with Gasteiger partial charge in [-0.3, -0.25) is 4.90 Å². The standard InChI is InChI=1S/C20H28N4O2.2C2HF3O2/c1-22(2)17-6-7-19(21-13-17)24-9-4-8-20(16-24)15-23(10-12-26-20)14-18-5-3-11-25-18;2*3-2(4,5)1(6)7/h3,5-7,11,13H,4,8-10,12,14-16H2,1-2H3;2*(H,6,7). The van der Waals surface area contributed by atoms with Crippen molar-refractivity contribution in [3.63, 3.8) is 0 Å². The van der Waals surface area contributed by atoms with Crippen molar-refractivity contribution in [3.05, 3.63) is 42.5 Å². The van der Waals surface area contributed by atoms with E-state index in [0.29, 0.717) is 0 Å². The molecule has 4 heterocycles. The first-order valence-corrected chi connectivity index (χ1v) is 11.9. The van der Waals surface area contributed by atoms with E-state index in [9.17, 15) is 26.3 Å². The highest BCUT2D eigenvalue weighted by Gasteiger charge is 2.41. The van der Waals surface area contributed by atoms with E-state index in [-0.39, 0.29) is 5.60 Å². The second-order valence-electron chi connectivity index (χ2n) is 9.22. The highest BCUT2D eigenvalue weighted by molar-refractivity contribution is 5.73. The smallest absolute Gasteiger partial charge is 0.475 e. The number of hydrogen-bond acceptors (Lipinski definition) is 8. The second kappa shape index (κ2) is 13.7. The Labute approximate surface area is 225 Å². The van der Waals surface area contributed by atoms with Crippen molar-refractivity contribution in [3.8, 4) is 0 Å². The maximum Gasteiger partial charge on any atom is 0.490 e. The van der Waals surface area contributed by atoms with Gasteiger partial charge < -0.3 is 29.2 Å². The lowest BCUT2D eigenvalue weighted by Crippen LogP contribution is -2.59. The third kappa shape index (κ3) is 10.2. The number of pyridine rings is 1. The number of halogens is 6. The van der Waals surface area contributed by atoms with Crippen molar-refractivity contribution in [2.24, 2.45) is 0 Å². The Kier molecular flexibility index (Phi) is 11.2. The molecule has 2 fully saturated rings. The quantitative estimate of drug-likeness (QED) is 0.513. The van der Waals surface area contributed by atoms with Crippen LogP contribution in [0.2, 0.25) is 0 Å². The first kappa shape index (κ1) is 32.7. The van der Waals surface area contributed by atoms with Gasteiger partial charge in [0.15, 0.2) is 0 Å². The second-order valence-corrected chi connectivity index (χ2v) is 9.22. The van der Waals surface area contributed by atoms with Crippen LogP contribution in [0.5, 0.6) is 0 Å². The highest BCUT2D eigenvalue weighted by atomic mass is 19.4. The van der Waals surface area contributed by atoms with E-state index in [0.717, 1.165) is 69.4 Å². The molecule has 2 saturated heterocycles. The maximum absolute atomic E-state index is 10.6. The SMILES string of the molecule is CN(C)c1ccc(N2CCCC3(CN(Cc4ccco4)CCO3)C2)nc1.O=C(O)C(F)(F)F.O=C(O)C(F)(F)F. The number of carboxylic acid groups (broad SMARTS) is 2. The number of hydrogen-bond donors (Lipinski definition) is 2.